The Balaban J connectivity index is 2.38. The van der Waals surface area contributed by atoms with E-state index in [1.165, 1.54) is 4.57 Å². The number of carbonyl (C=O) groups excluding carboxylic acids is 1. The molecule has 1 atom stereocenters. The minimum Gasteiger partial charge on any atom is -0.480 e. The standard InChI is InChI=1S/C9H9F3N4O3/c1-4-13-14-6-3-16(8(19)9(10,11)12)5(7(17)18)2-15(4)6/h5H,2-3H2,1H3,(H,17,18). The van der Waals surface area contributed by atoms with Gasteiger partial charge in [-0.2, -0.15) is 13.2 Å². The van der Waals surface area contributed by atoms with Gasteiger partial charge in [0.2, 0.25) is 0 Å². The van der Waals surface area contributed by atoms with Crippen molar-refractivity contribution in [3.8, 4) is 0 Å². The number of carbonyl (C=O) groups is 2. The van der Waals surface area contributed by atoms with Crippen molar-refractivity contribution in [2.75, 3.05) is 0 Å². The van der Waals surface area contributed by atoms with Gasteiger partial charge >= 0.3 is 18.1 Å². The molecule has 10 heteroatoms. The van der Waals surface area contributed by atoms with Crippen LogP contribution < -0.4 is 0 Å². The summed E-state index contributed by atoms with van der Waals surface area (Å²) in [5.74, 6) is -3.17. The van der Waals surface area contributed by atoms with Crippen LogP contribution in [0.25, 0.3) is 0 Å². The molecule has 1 aromatic heterocycles. The fourth-order valence-corrected chi connectivity index (χ4v) is 1.90. The Morgan fingerprint density at radius 2 is 2.00 bits per heavy atom. The van der Waals surface area contributed by atoms with Gasteiger partial charge < -0.3 is 14.6 Å². The Labute approximate surface area is 104 Å². The molecule has 1 aliphatic heterocycles. The highest BCUT2D eigenvalue weighted by Gasteiger charge is 2.48. The number of hydrogen-bond acceptors (Lipinski definition) is 4. The summed E-state index contributed by atoms with van der Waals surface area (Å²) >= 11 is 0. The number of alkyl halides is 3. The molecule has 19 heavy (non-hydrogen) atoms. The monoisotopic (exact) mass is 278 g/mol. The summed E-state index contributed by atoms with van der Waals surface area (Å²) in [5.41, 5.74) is 0. The van der Waals surface area contributed by atoms with Crippen LogP contribution in [0.5, 0.6) is 0 Å². The zero-order valence-electron chi connectivity index (χ0n) is 9.68. The largest absolute Gasteiger partial charge is 0.480 e. The summed E-state index contributed by atoms with van der Waals surface area (Å²) in [6.07, 6.45) is -5.12. The van der Waals surface area contributed by atoms with Gasteiger partial charge in [0.15, 0.2) is 5.82 Å². The van der Waals surface area contributed by atoms with Gasteiger partial charge in [-0.3, -0.25) is 4.79 Å². The third-order valence-corrected chi connectivity index (χ3v) is 2.84. The first-order chi connectivity index (χ1) is 8.71. The Kier molecular flexibility index (Phi) is 2.95. The van der Waals surface area contributed by atoms with E-state index >= 15 is 0 Å². The smallest absolute Gasteiger partial charge is 0.471 e. The summed E-state index contributed by atoms with van der Waals surface area (Å²) < 4.78 is 38.7. The van der Waals surface area contributed by atoms with E-state index in [4.69, 9.17) is 5.11 Å². The first kappa shape index (κ1) is 13.3. The topological polar surface area (TPSA) is 88.3 Å². The molecule has 0 fully saturated rings. The van der Waals surface area contributed by atoms with E-state index in [2.05, 4.69) is 10.2 Å². The second-order valence-electron chi connectivity index (χ2n) is 4.06. The molecule has 0 spiro atoms. The molecule has 1 amide bonds. The molecule has 1 unspecified atom stereocenters. The molecule has 0 saturated carbocycles. The summed E-state index contributed by atoms with van der Waals surface area (Å²) in [4.78, 5) is 22.5. The van der Waals surface area contributed by atoms with Crippen molar-refractivity contribution in [1.82, 2.24) is 19.7 Å². The molecule has 0 bridgehead atoms. The molecule has 0 aliphatic carbocycles. The van der Waals surface area contributed by atoms with Crippen molar-refractivity contribution in [3.63, 3.8) is 0 Å². The van der Waals surface area contributed by atoms with Crippen LogP contribution in [0.1, 0.15) is 11.6 Å². The highest BCUT2D eigenvalue weighted by atomic mass is 19.4. The van der Waals surface area contributed by atoms with Crippen LogP contribution in [-0.2, 0) is 22.7 Å². The summed E-state index contributed by atoms with van der Waals surface area (Å²) in [5, 5.41) is 16.2. The number of amides is 1. The highest BCUT2D eigenvalue weighted by molar-refractivity contribution is 5.87. The zero-order valence-corrected chi connectivity index (χ0v) is 9.68. The van der Waals surface area contributed by atoms with E-state index in [9.17, 15) is 22.8 Å². The Bertz CT molecular complexity index is 539. The normalized spacial score (nSPS) is 19.2. The van der Waals surface area contributed by atoms with Crippen molar-refractivity contribution in [2.45, 2.75) is 32.2 Å². The maximum absolute atomic E-state index is 12.4. The van der Waals surface area contributed by atoms with Crippen LogP contribution in [-0.4, -0.2) is 48.9 Å². The average molecular weight is 278 g/mol. The molecule has 1 aliphatic rings. The Morgan fingerprint density at radius 3 is 2.53 bits per heavy atom. The fraction of sp³-hybridized carbons (Fsp3) is 0.556. The summed E-state index contributed by atoms with van der Waals surface area (Å²) in [7, 11) is 0. The van der Waals surface area contributed by atoms with Crippen molar-refractivity contribution in [3.05, 3.63) is 11.6 Å². The number of halogens is 3. The second kappa shape index (κ2) is 4.21. The maximum Gasteiger partial charge on any atom is 0.471 e. The molecule has 0 saturated heterocycles. The van der Waals surface area contributed by atoms with Gasteiger partial charge in [-0.05, 0) is 6.92 Å². The van der Waals surface area contributed by atoms with Crippen LogP contribution in [0.2, 0.25) is 0 Å². The second-order valence-corrected chi connectivity index (χ2v) is 4.06. The lowest BCUT2D eigenvalue weighted by Gasteiger charge is -2.33. The van der Waals surface area contributed by atoms with Crippen LogP contribution in [0.3, 0.4) is 0 Å². The molecule has 2 rings (SSSR count). The van der Waals surface area contributed by atoms with E-state index in [0.29, 0.717) is 5.82 Å². The number of aliphatic carboxylic acids is 1. The van der Waals surface area contributed by atoms with Crippen LogP contribution in [0.4, 0.5) is 13.2 Å². The number of carboxylic acid groups (broad SMARTS) is 1. The third kappa shape index (κ3) is 2.25. The van der Waals surface area contributed by atoms with E-state index < -0.39 is 30.6 Å². The molecule has 7 nitrogen and oxygen atoms in total. The number of rotatable bonds is 1. The van der Waals surface area contributed by atoms with Gasteiger partial charge in [0, 0.05) is 0 Å². The molecule has 1 aromatic rings. The lowest BCUT2D eigenvalue weighted by Crippen LogP contribution is -2.54. The van der Waals surface area contributed by atoms with Gasteiger partial charge in [0.05, 0.1) is 13.1 Å². The molecule has 0 radical (unpaired) electrons. The molecule has 1 N–H and O–H groups in total. The van der Waals surface area contributed by atoms with Crippen LogP contribution in [0, 0.1) is 6.92 Å². The molecular weight excluding hydrogens is 269 g/mol. The van der Waals surface area contributed by atoms with Gasteiger partial charge in [0.1, 0.15) is 11.9 Å². The van der Waals surface area contributed by atoms with Crippen molar-refractivity contribution < 1.29 is 27.9 Å². The number of carboxylic acids is 1. The van der Waals surface area contributed by atoms with Crippen molar-refractivity contribution >= 4 is 11.9 Å². The van der Waals surface area contributed by atoms with Gasteiger partial charge in [-0.25, -0.2) is 4.79 Å². The van der Waals surface area contributed by atoms with Gasteiger partial charge in [-0.1, -0.05) is 0 Å². The lowest BCUT2D eigenvalue weighted by atomic mass is 10.2. The van der Waals surface area contributed by atoms with Gasteiger partial charge in [-0.15, -0.1) is 10.2 Å². The third-order valence-electron chi connectivity index (χ3n) is 2.84. The quantitative estimate of drug-likeness (QED) is 0.777. The van der Waals surface area contributed by atoms with Gasteiger partial charge in [0.25, 0.3) is 0 Å². The SMILES string of the molecule is Cc1nnc2n1CC(C(=O)O)N(C(=O)C(F)(F)F)C2. The first-order valence-corrected chi connectivity index (χ1v) is 5.21. The number of aryl methyl sites for hydroxylation is 1. The highest BCUT2D eigenvalue weighted by Crippen LogP contribution is 2.25. The van der Waals surface area contributed by atoms with Crippen LogP contribution in [0.15, 0.2) is 0 Å². The number of fused-ring (bicyclic) bond motifs is 1. The summed E-state index contributed by atoms with van der Waals surface area (Å²) in [6.45, 7) is 0.720. The minimum absolute atomic E-state index is 0.132. The van der Waals surface area contributed by atoms with Crippen molar-refractivity contribution in [1.29, 1.82) is 0 Å². The Morgan fingerprint density at radius 1 is 1.37 bits per heavy atom. The van der Waals surface area contributed by atoms with Crippen molar-refractivity contribution in [2.24, 2.45) is 0 Å². The molecule has 2 heterocycles. The number of nitrogens with zero attached hydrogens (tertiary/aromatic N) is 4. The summed E-state index contributed by atoms with van der Waals surface area (Å²) in [6, 6.07) is -1.59. The predicted octanol–water partition coefficient (Wildman–Crippen LogP) is -0.0558. The van der Waals surface area contributed by atoms with E-state index in [1.54, 1.807) is 6.92 Å². The van der Waals surface area contributed by atoms with E-state index in [-0.39, 0.29) is 17.3 Å². The maximum atomic E-state index is 12.4. The van der Waals surface area contributed by atoms with E-state index in [0.717, 1.165) is 0 Å². The van der Waals surface area contributed by atoms with E-state index in [1.807, 2.05) is 0 Å². The number of aromatic nitrogens is 3. The van der Waals surface area contributed by atoms with Crippen LogP contribution >= 0.6 is 0 Å². The molecule has 104 valence electrons. The minimum atomic E-state index is -5.12. The molecule has 0 aromatic carbocycles. The lowest BCUT2D eigenvalue weighted by molar-refractivity contribution is -0.192. The first-order valence-electron chi connectivity index (χ1n) is 5.21. The Hall–Kier alpha value is -2.13. The fourth-order valence-electron chi connectivity index (χ4n) is 1.90. The predicted molar refractivity (Wildman–Crippen MR) is 52.8 cm³/mol. The average Bonchev–Trinajstić information content (AvgIpc) is 2.67. The zero-order chi connectivity index (χ0) is 14.4. The number of hydrogen-bond donors (Lipinski definition) is 1. The molecular formula is C9H9F3N4O3.